The van der Waals surface area contributed by atoms with Crippen molar-refractivity contribution in [3.8, 4) is 0 Å². The summed E-state index contributed by atoms with van der Waals surface area (Å²) in [7, 11) is 0. The van der Waals surface area contributed by atoms with Crippen molar-refractivity contribution in [2.24, 2.45) is 0 Å². The van der Waals surface area contributed by atoms with Gasteiger partial charge in [-0.3, -0.25) is 9.59 Å². The number of carbonyl (C=O) groups excluding carboxylic acids is 2. The van der Waals surface area contributed by atoms with E-state index in [0.29, 0.717) is 19.5 Å². The van der Waals surface area contributed by atoms with Crippen molar-refractivity contribution in [1.29, 1.82) is 0 Å². The van der Waals surface area contributed by atoms with Gasteiger partial charge in [0, 0.05) is 31.4 Å². The first-order valence-corrected chi connectivity index (χ1v) is 8.83. The van der Waals surface area contributed by atoms with Crippen molar-refractivity contribution >= 4 is 23.2 Å². The third-order valence-corrected chi connectivity index (χ3v) is 5.51. The van der Waals surface area contributed by atoms with Crippen molar-refractivity contribution in [3.63, 3.8) is 0 Å². The molecule has 1 aromatic heterocycles. The highest BCUT2D eigenvalue weighted by molar-refractivity contribution is 7.08. The summed E-state index contributed by atoms with van der Waals surface area (Å²) in [5, 5.41) is 3.83. The SMILES string of the molecule is C=CCN1C(=O)CCCC12CCCN(C(=O)c1ccsc1)C2. The van der Waals surface area contributed by atoms with E-state index in [-0.39, 0.29) is 17.4 Å². The van der Waals surface area contributed by atoms with Crippen LogP contribution in [0.5, 0.6) is 0 Å². The normalized spacial score (nSPS) is 25.5. The number of thiophene rings is 1. The number of nitrogens with zero attached hydrogens (tertiary/aromatic N) is 2. The van der Waals surface area contributed by atoms with Crippen LogP contribution in [0.15, 0.2) is 29.5 Å². The van der Waals surface area contributed by atoms with E-state index in [4.69, 9.17) is 0 Å². The van der Waals surface area contributed by atoms with Gasteiger partial charge in [-0.05, 0) is 37.1 Å². The van der Waals surface area contributed by atoms with Gasteiger partial charge in [-0.1, -0.05) is 6.08 Å². The molecule has 3 rings (SSSR count). The molecule has 2 fully saturated rings. The van der Waals surface area contributed by atoms with Crippen LogP contribution in [0.4, 0.5) is 0 Å². The van der Waals surface area contributed by atoms with Crippen LogP contribution in [0.1, 0.15) is 42.5 Å². The predicted octanol–water partition coefficient (Wildman–Crippen LogP) is 2.92. The lowest BCUT2D eigenvalue weighted by molar-refractivity contribution is -0.143. The molecule has 118 valence electrons. The number of carbonyl (C=O) groups is 2. The van der Waals surface area contributed by atoms with Crippen molar-refractivity contribution in [3.05, 3.63) is 35.0 Å². The molecular weight excluding hydrogens is 296 g/mol. The number of hydrogen-bond acceptors (Lipinski definition) is 3. The van der Waals surface area contributed by atoms with Gasteiger partial charge >= 0.3 is 0 Å². The first-order chi connectivity index (χ1) is 10.7. The Hall–Kier alpha value is -1.62. The molecule has 0 radical (unpaired) electrons. The van der Waals surface area contributed by atoms with Crippen LogP contribution in [0, 0.1) is 0 Å². The van der Waals surface area contributed by atoms with E-state index >= 15 is 0 Å². The molecule has 4 nitrogen and oxygen atoms in total. The summed E-state index contributed by atoms with van der Waals surface area (Å²) in [5.41, 5.74) is 0.576. The fourth-order valence-corrected chi connectivity index (χ4v) is 4.44. The lowest BCUT2D eigenvalue weighted by atomic mass is 9.79. The Kier molecular flexibility index (Phi) is 4.34. The Bertz CT molecular complexity index is 565. The standard InChI is InChI=1S/C17H22N2O2S/c1-2-9-19-15(20)5-3-7-17(19)8-4-10-18(13-17)16(21)14-6-11-22-12-14/h2,6,11-12H,1,3-5,7-10,13H2. The van der Waals surface area contributed by atoms with Gasteiger partial charge in [0.1, 0.15) is 0 Å². The van der Waals surface area contributed by atoms with Crippen LogP contribution in [0.2, 0.25) is 0 Å². The smallest absolute Gasteiger partial charge is 0.254 e. The number of piperidine rings is 2. The monoisotopic (exact) mass is 318 g/mol. The number of hydrogen-bond donors (Lipinski definition) is 0. The summed E-state index contributed by atoms with van der Waals surface area (Å²) in [6.07, 6.45) is 6.27. The molecule has 22 heavy (non-hydrogen) atoms. The quantitative estimate of drug-likeness (QED) is 0.804. The maximum atomic E-state index is 12.6. The van der Waals surface area contributed by atoms with E-state index in [9.17, 15) is 9.59 Å². The summed E-state index contributed by atoms with van der Waals surface area (Å²) < 4.78 is 0. The summed E-state index contributed by atoms with van der Waals surface area (Å²) in [4.78, 5) is 28.9. The third-order valence-electron chi connectivity index (χ3n) is 4.83. The molecule has 2 amide bonds. The Labute approximate surface area is 135 Å². The second kappa shape index (κ2) is 6.24. The zero-order valence-electron chi connectivity index (χ0n) is 12.8. The third kappa shape index (κ3) is 2.70. The minimum Gasteiger partial charge on any atom is -0.336 e. The molecule has 2 aliphatic rings. The molecule has 2 saturated heterocycles. The number of rotatable bonds is 3. The Balaban J connectivity index is 1.82. The van der Waals surface area contributed by atoms with E-state index in [1.54, 1.807) is 17.4 Å². The maximum Gasteiger partial charge on any atom is 0.254 e. The van der Waals surface area contributed by atoms with Gasteiger partial charge in [0.15, 0.2) is 0 Å². The molecule has 1 unspecified atom stereocenters. The van der Waals surface area contributed by atoms with Crippen molar-refractivity contribution < 1.29 is 9.59 Å². The molecular formula is C17H22N2O2S. The minimum absolute atomic E-state index is 0.0944. The van der Waals surface area contributed by atoms with Gasteiger partial charge in [0.25, 0.3) is 5.91 Å². The van der Waals surface area contributed by atoms with E-state index in [2.05, 4.69) is 6.58 Å². The highest BCUT2D eigenvalue weighted by atomic mass is 32.1. The van der Waals surface area contributed by atoms with Crippen LogP contribution in [0.3, 0.4) is 0 Å². The zero-order chi connectivity index (χ0) is 15.6. The Morgan fingerprint density at radius 1 is 1.41 bits per heavy atom. The van der Waals surface area contributed by atoms with Gasteiger partial charge in [-0.15, -0.1) is 6.58 Å². The average molecular weight is 318 g/mol. The van der Waals surface area contributed by atoms with E-state index < -0.39 is 0 Å². The van der Waals surface area contributed by atoms with Crippen molar-refractivity contribution in [2.75, 3.05) is 19.6 Å². The largest absolute Gasteiger partial charge is 0.336 e. The van der Waals surface area contributed by atoms with E-state index in [1.807, 2.05) is 26.6 Å². The summed E-state index contributed by atoms with van der Waals surface area (Å²) in [6, 6.07) is 1.88. The maximum absolute atomic E-state index is 12.6. The van der Waals surface area contributed by atoms with E-state index in [0.717, 1.165) is 37.8 Å². The fourth-order valence-electron chi connectivity index (χ4n) is 3.81. The first-order valence-electron chi connectivity index (χ1n) is 7.89. The minimum atomic E-state index is -0.187. The van der Waals surface area contributed by atoms with Crippen molar-refractivity contribution in [1.82, 2.24) is 9.80 Å². The first kappa shape index (κ1) is 15.3. The molecule has 0 N–H and O–H groups in total. The lowest BCUT2D eigenvalue weighted by Crippen LogP contribution is -2.63. The van der Waals surface area contributed by atoms with Crippen molar-refractivity contribution in [2.45, 2.75) is 37.6 Å². The van der Waals surface area contributed by atoms with Gasteiger partial charge in [0.05, 0.1) is 11.1 Å². The second-order valence-corrected chi connectivity index (χ2v) is 6.99. The number of likely N-dealkylation sites (tertiary alicyclic amines) is 2. The molecule has 0 aromatic carbocycles. The molecule has 1 spiro atoms. The zero-order valence-corrected chi connectivity index (χ0v) is 13.6. The molecule has 2 aliphatic heterocycles. The Morgan fingerprint density at radius 3 is 2.95 bits per heavy atom. The molecule has 5 heteroatoms. The average Bonchev–Trinajstić information content (AvgIpc) is 3.05. The molecule has 1 atom stereocenters. The van der Waals surface area contributed by atoms with Gasteiger partial charge in [-0.2, -0.15) is 11.3 Å². The fraction of sp³-hybridized carbons (Fsp3) is 0.529. The van der Waals surface area contributed by atoms with Gasteiger partial charge < -0.3 is 9.80 Å². The van der Waals surface area contributed by atoms with Crippen LogP contribution < -0.4 is 0 Å². The molecule has 3 heterocycles. The molecule has 0 bridgehead atoms. The van der Waals surface area contributed by atoms with Crippen LogP contribution in [-0.4, -0.2) is 46.8 Å². The van der Waals surface area contributed by atoms with Gasteiger partial charge in [-0.25, -0.2) is 0 Å². The second-order valence-electron chi connectivity index (χ2n) is 6.21. The summed E-state index contributed by atoms with van der Waals surface area (Å²) >= 11 is 1.54. The number of amides is 2. The highest BCUT2D eigenvalue weighted by Gasteiger charge is 2.45. The lowest BCUT2D eigenvalue weighted by Gasteiger charge is -2.51. The van der Waals surface area contributed by atoms with Crippen LogP contribution >= 0.6 is 11.3 Å². The van der Waals surface area contributed by atoms with Gasteiger partial charge in [0.2, 0.25) is 5.91 Å². The van der Waals surface area contributed by atoms with Crippen LogP contribution in [0.25, 0.3) is 0 Å². The highest BCUT2D eigenvalue weighted by Crippen LogP contribution is 2.37. The Morgan fingerprint density at radius 2 is 2.23 bits per heavy atom. The molecule has 0 saturated carbocycles. The molecule has 1 aromatic rings. The predicted molar refractivity (Wildman–Crippen MR) is 87.9 cm³/mol. The van der Waals surface area contributed by atoms with Crippen LogP contribution in [-0.2, 0) is 4.79 Å². The summed E-state index contributed by atoms with van der Waals surface area (Å²) in [6.45, 7) is 5.81. The van der Waals surface area contributed by atoms with E-state index in [1.165, 1.54) is 0 Å². The molecule has 0 aliphatic carbocycles. The topological polar surface area (TPSA) is 40.6 Å². The summed E-state index contributed by atoms with van der Waals surface area (Å²) in [5.74, 6) is 0.299.